The molecular formula is C14H25N3OS2. The van der Waals surface area contributed by atoms with Gasteiger partial charge in [-0.2, -0.15) is 11.8 Å². The molecular weight excluding hydrogens is 290 g/mol. The minimum atomic E-state index is 0.273. The highest BCUT2D eigenvalue weighted by Gasteiger charge is 2.22. The number of thioether (sulfide) groups is 1. The van der Waals surface area contributed by atoms with Crippen LogP contribution in [0.3, 0.4) is 0 Å². The van der Waals surface area contributed by atoms with Crippen molar-refractivity contribution in [1.29, 1.82) is 0 Å². The van der Waals surface area contributed by atoms with E-state index >= 15 is 0 Å². The fourth-order valence-electron chi connectivity index (χ4n) is 2.63. The van der Waals surface area contributed by atoms with Crippen molar-refractivity contribution >= 4 is 28.2 Å². The molecule has 1 aromatic rings. The Bertz CT molecular complexity index is 386. The highest BCUT2D eigenvalue weighted by Crippen LogP contribution is 2.24. The molecule has 114 valence electrons. The van der Waals surface area contributed by atoms with E-state index in [0.717, 1.165) is 48.9 Å². The third-order valence-corrected chi connectivity index (χ3v) is 5.44. The maximum Gasteiger partial charge on any atom is 0.185 e. The van der Waals surface area contributed by atoms with Gasteiger partial charge >= 0.3 is 0 Å². The number of nitrogens with one attached hydrogen (secondary N) is 1. The van der Waals surface area contributed by atoms with Crippen LogP contribution >= 0.6 is 23.1 Å². The van der Waals surface area contributed by atoms with Crippen molar-refractivity contribution in [2.45, 2.75) is 38.3 Å². The van der Waals surface area contributed by atoms with E-state index < -0.39 is 0 Å². The predicted molar refractivity (Wildman–Crippen MR) is 89.1 cm³/mol. The first-order chi connectivity index (χ1) is 9.72. The van der Waals surface area contributed by atoms with E-state index in [1.54, 1.807) is 11.3 Å². The quantitative estimate of drug-likeness (QED) is 0.807. The third kappa shape index (κ3) is 4.62. The highest BCUT2D eigenvalue weighted by molar-refractivity contribution is 7.98. The zero-order valence-corrected chi connectivity index (χ0v) is 14.0. The molecule has 1 saturated heterocycles. The van der Waals surface area contributed by atoms with Crippen LogP contribution in [-0.2, 0) is 0 Å². The summed E-state index contributed by atoms with van der Waals surface area (Å²) >= 11 is 3.59. The smallest absolute Gasteiger partial charge is 0.185 e. The SMILES string of the molecule is CSCC(CCO)NC1CCN(c2nc(C)cs2)CC1. The van der Waals surface area contributed by atoms with Crippen LogP contribution in [0.4, 0.5) is 5.13 Å². The summed E-state index contributed by atoms with van der Waals surface area (Å²) in [5.41, 5.74) is 1.12. The van der Waals surface area contributed by atoms with Gasteiger partial charge in [-0.25, -0.2) is 4.98 Å². The second kappa shape index (κ2) is 8.22. The van der Waals surface area contributed by atoms with Gasteiger partial charge in [0.25, 0.3) is 0 Å². The number of aliphatic hydroxyl groups is 1. The van der Waals surface area contributed by atoms with E-state index in [0.29, 0.717) is 12.1 Å². The molecule has 0 amide bonds. The average molecular weight is 316 g/mol. The van der Waals surface area contributed by atoms with Crippen LogP contribution in [0.2, 0.25) is 0 Å². The molecule has 20 heavy (non-hydrogen) atoms. The van der Waals surface area contributed by atoms with Gasteiger partial charge in [-0.15, -0.1) is 11.3 Å². The summed E-state index contributed by atoms with van der Waals surface area (Å²) in [4.78, 5) is 6.96. The molecule has 1 aromatic heterocycles. The van der Waals surface area contributed by atoms with E-state index in [9.17, 15) is 0 Å². The molecule has 2 heterocycles. The first kappa shape index (κ1) is 16.1. The van der Waals surface area contributed by atoms with Crippen LogP contribution in [0.5, 0.6) is 0 Å². The molecule has 1 atom stereocenters. The minimum absolute atomic E-state index is 0.273. The van der Waals surface area contributed by atoms with Crippen molar-refractivity contribution in [1.82, 2.24) is 10.3 Å². The summed E-state index contributed by atoms with van der Waals surface area (Å²) in [5, 5.41) is 16.1. The Hall–Kier alpha value is -0.300. The molecule has 0 radical (unpaired) electrons. The number of hydrogen-bond donors (Lipinski definition) is 2. The van der Waals surface area contributed by atoms with Crippen molar-refractivity contribution in [3.8, 4) is 0 Å². The van der Waals surface area contributed by atoms with E-state index in [4.69, 9.17) is 5.11 Å². The maximum atomic E-state index is 9.12. The lowest BCUT2D eigenvalue weighted by molar-refractivity contribution is 0.259. The Labute approximate surface area is 130 Å². The summed E-state index contributed by atoms with van der Waals surface area (Å²) in [6.07, 6.45) is 5.30. The molecule has 1 aliphatic rings. The fourth-order valence-corrected chi connectivity index (χ4v) is 4.15. The standard InChI is InChI=1S/C14H25N3OS2/c1-11-9-20-14(15-11)17-6-3-12(4-7-17)16-13(5-8-18)10-19-2/h9,12-13,16,18H,3-8,10H2,1-2H3. The largest absolute Gasteiger partial charge is 0.396 e. The average Bonchev–Trinajstić information content (AvgIpc) is 2.87. The highest BCUT2D eigenvalue weighted by atomic mass is 32.2. The van der Waals surface area contributed by atoms with Gasteiger partial charge in [0.2, 0.25) is 0 Å². The maximum absolute atomic E-state index is 9.12. The lowest BCUT2D eigenvalue weighted by Gasteiger charge is -2.34. The van der Waals surface area contributed by atoms with Gasteiger partial charge in [-0.1, -0.05) is 0 Å². The number of aliphatic hydroxyl groups excluding tert-OH is 1. The Morgan fingerprint density at radius 1 is 1.55 bits per heavy atom. The topological polar surface area (TPSA) is 48.4 Å². The van der Waals surface area contributed by atoms with Crippen molar-refractivity contribution in [3.05, 3.63) is 11.1 Å². The lowest BCUT2D eigenvalue weighted by atomic mass is 10.0. The number of anilines is 1. The van der Waals surface area contributed by atoms with Gasteiger partial charge in [-0.3, -0.25) is 0 Å². The molecule has 0 bridgehead atoms. The first-order valence-corrected chi connectivity index (χ1v) is 9.53. The van der Waals surface area contributed by atoms with Crippen molar-refractivity contribution < 1.29 is 5.11 Å². The molecule has 1 aliphatic heterocycles. The Kier molecular flexibility index (Phi) is 6.61. The Morgan fingerprint density at radius 3 is 2.85 bits per heavy atom. The van der Waals surface area contributed by atoms with Gasteiger partial charge in [0.1, 0.15) is 0 Å². The summed E-state index contributed by atoms with van der Waals surface area (Å²) in [6.45, 7) is 4.48. The van der Waals surface area contributed by atoms with Crippen LogP contribution in [0.25, 0.3) is 0 Å². The van der Waals surface area contributed by atoms with Crippen molar-refractivity contribution in [2.24, 2.45) is 0 Å². The summed E-state index contributed by atoms with van der Waals surface area (Å²) in [5.74, 6) is 1.08. The predicted octanol–water partition coefficient (Wildman–Crippen LogP) is 2.12. The Balaban J connectivity index is 1.78. The summed E-state index contributed by atoms with van der Waals surface area (Å²) in [7, 11) is 0. The molecule has 0 spiro atoms. The van der Waals surface area contributed by atoms with Gasteiger partial charge in [0.15, 0.2) is 5.13 Å². The minimum Gasteiger partial charge on any atom is -0.396 e. The molecule has 1 unspecified atom stereocenters. The van der Waals surface area contributed by atoms with Crippen LogP contribution in [-0.4, -0.2) is 53.9 Å². The van der Waals surface area contributed by atoms with E-state index in [2.05, 4.69) is 33.8 Å². The van der Waals surface area contributed by atoms with Crippen LogP contribution in [0.15, 0.2) is 5.38 Å². The molecule has 4 nitrogen and oxygen atoms in total. The molecule has 0 aliphatic carbocycles. The van der Waals surface area contributed by atoms with Crippen molar-refractivity contribution in [2.75, 3.05) is 36.6 Å². The molecule has 6 heteroatoms. The number of thiazole rings is 1. The van der Waals surface area contributed by atoms with Crippen LogP contribution in [0, 0.1) is 6.92 Å². The van der Waals surface area contributed by atoms with Gasteiger partial charge in [0, 0.05) is 42.9 Å². The zero-order chi connectivity index (χ0) is 14.4. The summed E-state index contributed by atoms with van der Waals surface area (Å²) < 4.78 is 0. The number of rotatable bonds is 7. The monoisotopic (exact) mass is 315 g/mol. The fraction of sp³-hybridized carbons (Fsp3) is 0.786. The van der Waals surface area contributed by atoms with Gasteiger partial charge in [-0.05, 0) is 32.4 Å². The Morgan fingerprint density at radius 2 is 2.30 bits per heavy atom. The third-order valence-electron chi connectivity index (χ3n) is 3.69. The zero-order valence-electron chi connectivity index (χ0n) is 12.3. The van der Waals surface area contributed by atoms with Crippen molar-refractivity contribution in [3.63, 3.8) is 0 Å². The van der Waals surface area contributed by atoms with Gasteiger partial charge in [0.05, 0.1) is 5.69 Å². The van der Waals surface area contributed by atoms with Crippen LogP contribution < -0.4 is 10.2 Å². The lowest BCUT2D eigenvalue weighted by Crippen LogP contribution is -2.47. The molecule has 2 N–H and O–H groups in total. The number of hydrogen-bond acceptors (Lipinski definition) is 6. The molecule has 0 saturated carbocycles. The second-order valence-electron chi connectivity index (χ2n) is 5.36. The van der Waals surface area contributed by atoms with Gasteiger partial charge < -0.3 is 15.3 Å². The molecule has 0 aromatic carbocycles. The van der Waals surface area contributed by atoms with E-state index in [-0.39, 0.29) is 6.61 Å². The van der Waals surface area contributed by atoms with Crippen LogP contribution in [0.1, 0.15) is 25.0 Å². The molecule has 1 fully saturated rings. The molecule has 2 rings (SSSR count). The van der Waals surface area contributed by atoms with E-state index in [1.165, 1.54) is 0 Å². The number of aryl methyl sites for hydroxylation is 1. The first-order valence-electron chi connectivity index (χ1n) is 7.26. The number of piperidine rings is 1. The normalized spacial score (nSPS) is 18.4. The second-order valence-corrected chi connectivity index (χ2v) is 7.11. The number of nitrogens with zero attached hydrogens (tertiary/aromatic N) is 2. The summed E-state index contributed by atoms with van der Waals surface area (Å²) in [6, 6.07) is 1.02. The number of aromatic nitrogens is 1. The van der Waals surface area contributed by atoms with E-state index in [1.807, 2.05) is 11.8 Å².